The lowest BCUT2D eigenvalue weighted by Crippen LogP contribution is -2.39. The molecule has 1 aliphatic heterocycles. The minimum atomic E-state index is -0.438. The Hall–Kier alpha value is -2.78. The smallest absolute Gasteiger partial charge is 0.350 e. The van der Waals surface area contributed by atoms with E-state index >= 15 is 0 Å². The van der Waals surface area contributed by atoms with Gasteiger partial charge in [-0.2, -0.15) is 0 Å². The number of hydrogen-bond acceptors (Lipinski definition) is 7. The van der Waals surface area contributed by atoms with Gasteiger partial charge in [0.05, 0.1) is 19.3 Å². The number of pyridine rings is 1. The van der Waals surface area contributed by atoms with Crippen molar-refractivity contribution in [1.82, 2.24) is 19.5 Å². The number of piperidine rings is 1. The van der Waals surface area contributed by atoms with Gasteiger partial charge in [-0.3, -0.25) is 14.1 Å². The molecule has 3 aromatic rings. The molecule has 0 atom stereocenters. The van der Waals surface area contributed by atoms with E-state index < -0.39 is 5.97 Å². The number of thiophene rings is 1. The number of fused-ring (bicyclic) bond motifs is 1. The third-order valence-corrected chi connectivity index (χ3v) is 5.86. The van der Waals surface area contributed by atoms with Gasteiger partial charge in [0, 0.05) is 12.1 Å². The molecule has 1 amide bonds. The van der Waals surface area contributed by atoms with Crippen LogP contribution in [0, 0.1) is 0 Å². The van der Waals surface area contributed by atoms with Crippen LogP contribution in [0.5, 0.6) is 0 Å². The first-order valence-corrected chi connectivity index (χ1v) is 10.0. The first kappa shape index (κ1) is 18.6. The summed E-state index contributed by atoms with van der Waals surface area (Å²) in [6.07, 6.45) is 3.84. The zero-order chi connectivity index (χ0) is 19.5. The van der Waals surface area contributed by atoms with Gasteiger partial charge in [-0.05, 0) is 49.5 Å². The Balaban J connectivity index is 1.33. The van der Waals surface area contributed by atoms with Crippen molar-refractivity contribution >= 4 is 34.5 Å². The molecule has 3 aromatic heterocycles. The van der Waals surface area contributed by atoms with Crippen LogP contribution in [0.25, 0.3) is 5.65 Å². The van der Waals surface area contributed by atoms with Crippen LogP contribution >= 0.6 is 11.3 Å². The number of esters is 1. The van der Waals surface area contributed by atoms with Crippen LogP contribution in [0.3, 0.4) is 0 Å². The van der Waals surface area contributed by atoms with Gasteiger partial charge >= 0.3 is 5.97 Å². The van der Waals surface area contributed by atoms with Crippen molar-refractivity contribution in [3.8, 4) is 0 Å². The molecule has 1 N–H and O–H groups in total. The topological polar surface area (TPSA) is 88.8 Å². The Bertz CT molecular complexity index is 990. The summed E-state index contributed by atoms with van der Waals surface area (Å²) in [5, 5.41) is 13.2. The second-order valence-electron chi connectivity index (χ2n) is 6.74. The molecule has 4 rings (SSSR count). The number of methoxy groups -OCH3 is 1. The zero-order valence-electron chi connectivity index (χ0n) is 15.5. The number of anilines is 1. The number of likely N-dealkylation sites (tertiary alicyclic amines) is 1. The fourth-order valence-corrected chi connectivity index (χ4v) is 4.30. The lowest BCUT2D eigenvalue weighted by atomic mass is 9.96. The second-order valence-corrected chi connectivity index (χ2v) is 7.66. The van der Waals surface area contributed by atoms with Gasteiger partial charge in [0.2, 0.25) is 5.91 Å². The first-order valence-electron chi connectivity index (χ1n) is 9.13. The standard InChI is InChI=1S/C19H21N5O3S/c1-27-19(26)17-14(7-11-28-17)20-16(25)12-23-9-5-13(6-10-23)18-22-21-15-4-2-3-8-24(15)18/h2-4,7-8,11,13H,5-6,9-10,12H2,1H3,(H,20,25). The molecule has 8 nitrogen and oxygen atoms in total. The molecule has 0 radical (unpaired) electrons. The molecule has 0 spiro atoms. The molecular weight excluding hydrogens is 378 g/mol. The van der Waals surface area contributed by atoms with Gasteiger partial charge in [0.25, 0.3) is 0 Å². The number of carbonyl (C=O) groups excluding carboxylic acids is 2. The Morgan fingerprint density at radius 3 is 2.86 bits per heavy atom. The Morgan fingerprint density at radius 2 is 2.07 bits per heavy atom. The van der Waals surface area contributed by atoms with Crippen molar-refractivity contribution in [1.29, 1.82) is 0 Å². The molecular formula is C19H21N5O3S. The maximum Gasteiger partial charge on any atom is 0.350 e. The highest BCUT2D eigenvalue weighted by molar-refractivity contribution is 7.12. The fraction of sp³-hybridized carbons (Fsp3) is 0.368. The second kappa shape index (κ2) is 8.07. The summed E-state index contributed by atoms with van der Waals surface area (Å²) in [5.41, 5.74) is 1.36. The van der Waals surface area contributed by atoms with Crippen molar-refractivity contribution in [2.75, 3.05) is 32.1 Å². The number of rotatable bonds is 5. The highest BCUT2D eigenvalue weighted by Crippen LogP contribution is 2.27. The Kier molecular flexibility index (Phi) is 5.36. The molecule has 0 saturated carbocycles. The highest BCUT2D eigenvalue weighted by Gasteiger charge is 2.26. The molecule has 9 heteroatoms. The maximum absolute atomic E-state index is 12.4. The molecule has 1 aliphatic rings. The van der Waals surface area contributed by atoms with E-state index in [2.05, 4.69) is 20.4 Å². The van der Waals surface area contributed by atoms with Crippen LogP contribution in [0.1, 0.15) is 34.3 Å². The summed E-state index contributed by atoms with van der Waals surface area (Å²) in [6, 6.07) is 7.60. The molecule has 4 heterocycles. The van der Waals surface area contributed by atoms with Gasteiger partial charge in [0.1, 0.15) is 10.7 Å². The van der Waals surface area contributed by atoms with E-state index in [0.29, 0.717) is 23.0 Å². The van der Waals surface area contributed by atoms with Gasteiger partial charge in [-0.15, -0.1) is 21.5 Å². The van der Waals surface area contributed by atoms with E-state index in [1.54, 1.807) is 11.4 Å². The predicted octanol–water partition coefficient (Wildman–Crippen LogP) is 2.40. The van der Waals surface area contributed by atoms with Crippen molar-refractivity contribution in [2.45, 2.75) is 18.8 Å². The maximum atomic E-state index is 12.4. The van der Waals surface area contributed by atoms with E-state index in [1.165, 1.54) is 18.4 Å². The van der Waals surface area contributed by atoms with E-state index in [9.17, 15) is 9.59 Å². The van der Waals surface area contributed by atoms with Gasteiger partial charge in [-0.25, -0.2) is 4.79 Å². The monoisotopic (exact) mass is 399 g/mol. The summed E-state index contributed by atoms with van der Waals surface area (Å²) in [7, 11) is 1.33. The number of nitrogens with zero attached hydrogens (tertiary/aromatic N) is 4. The number of nitrogens with one attached hydrogen (secondary N) is 1. The third kappa shape index (κ3) is 3.76. The van der Waals surface area contributed by atoms with Crippen LogP contribution < -0.4 is 5.32 Å². The summed E-state index contributed by atoms with van der Waals surface area (Å²) in [5.74, 6) is 0.752. The van der Waals surface area contributed by atoms with Crippen LogP contribution in [-0.2, 0) is 9.53 Å². The number of carbonyl (C=O) groups is 2. The van der Waals surface area contributed by atoms with E-state index in [-0.39, 0.29) is 5.91 Å². The lowest BCUT2D eigenvalue weighted by molar-refractivity contribution is -0.117. The average molecular weight is 399 g/mol. The number of amides is 1. The molecule has 0 aliphatic carbocycles. The summed E-state index contributed by atoms with van der Waals surface area (Å²) >= 11 is 1.25. The molecule has 1 saturated heterocycles. The Labute approximate surface area is 166 Å². The van der Waals surface area contributed by atoms with E-state index in [0.717, 1.165) is 37.4 Å². The highest BCUT2D eigenvalue weighted by atomic mass is 32.1. The molecule has 0 bridgehead atoms. The largest absolute Gasteiger partial charge is 0.465 e. The van der Waals surface area contributed by atoms with Gasteiger partial charge in [-0.1, -0.05) is 6.07 Å². The Morgan fingerprint density at radius 1 is 1.25 bits per heavy atom. The van der Waals surface area contributed by atoms with E-state index in [1.807, 2.05) is 28.8 Å². The van der Waals surface area contributed by atoms with Crippen molar-refractivity contribution < 1.29 is 14.3 Å². The molecule has 146 valence electrons. The molecule has 1 fully saturated rings. The first-order chi connectivity index (χ1) is 13.7. The minimum Gasteiger partial charge on any atom is -0.465 e. The normalized spacial score (nSPS) is 15.6. The summed E-state index contributed by atoms with van der Waals surface area (Å²) in [6.45, 7) is 1.92. The van der Waals surface area contributed by atoms with Crippen LogP contribution in [0.4, 0.5) is 5.69 Å². The van der Waals surface area contributed by atoms with Crippen molar-refractivity contribution in [3.05, 3.63) is 46.5 Å². The number of ether oxygens (including phenoxy) is 1. The van der Waals surface area contributed by atoms with Crippen LogP contribution in [-0.4, -0.2) is 58.1 Å². The minimum absolute atomic E-state index is 0.130. The zero-order valence-corrected chi connectivity index (χ0v) is 16.3. The van der Waals surface area contributed by atoms with Crippen LogP contribution in [0.15, 0.2) is 35.8 Å². The number of aromatic nitrogens is 3. The third-order valence-electron chi connectivity index (χ3n) is 4.97. The molecule has 0 aromatic carbocycles. The SMILES string of the molecule is COC(=O)c1sccc1NC(=O)CN1CCC(c2nnc3ccccn23)CC1. The quantitative estimate of drug-likeness (QED) is 0.663. The van der Waals surface area contributed by atoms with Crippen molar-refractivity contribution in [3.63, 3.8) is 0 Å². The molecule has 28 heavy (non-hydrogen) atoms. The fourth-order valence-electron chi connectivity index (χ4n) is 3.54. The molecule has 0 unspecified atom stereocenters. The van der Waals surface area contributed by atoms with E-state index in [4.69, 9.17) is 4.74 Å². The van der Waals surface area contributed by atoms with Gasteiger partial charge < -0.3 is 10.1 Å². The predicted molar refractivity (Wildman–Crippen MR) is 106 cm³/mol. The summed E-state index contributed by atoms with van der Waals surface area (Å²) < 4.78 is 6.78. The average Bonchev–Trinajstić information content (AvgIpc) is 3.35. The lowest BCUT2D eigenvalue weighted by Gasteiger charge is -2.30. The van der Waals surface area contributed by atoms with Crippen LogP contribution in [0.2, 0.25) is 0 Å². The summed E-state index contributed by atoms with van der Waals surface area (Å²) in [4.78, 5) is 26.7. The van der Waals surface area contributed by atoms with Gasteiger partial charge in [0.15, 0.2) is 5.65 Å². The number of hydrogen-bond donors (Lipinski definition) is 1. The van der Waals surface area contributed by atoms with Crippen molar-refractivity contribution in [2.24, 2.45) is 0 Å².